The van der Waals surface area contributed by atoms with Crippen molar-refractivity contribution < 1.29 is 17.7 Å². The van der Waals surface area contributed by atoms with Gasteiger partial charge >= 0.3 is 0 Å². The number of carbonyl (C=O) groups is 1. The first kappa shape index (κ1) is 21.8. The maximum Gasteiger partial charge on any atom is 0.241 e. The summed E-state index contributed by atoms with van der Waals surface area (Å²) in [6.45, 7) is 9.13. The van der Waals surface area contributed by atoms with Crippen molar-refractivity contribution in [3.05, 3.63) is 41.3 Å². The molecule has 0 unspecified atom stereocenters. The van der Waals surface area contributed by atoms with E-state index in [1.54, 1.807) is 50.3 Å². The Labute approximate surface area is 166 Å². The summed E-state index contributed by atoms with van der Waals surface area (Å²) >= 11 is 0. The first-order valence-corrected chi connectivity index (χ1v) is 10.6. The van der Waals surface area contributed by atoms with E-state index in [1.165, 1.54) is 0 Å². The fraction of sp³-hybridized carbons (Fsp3) is 0.400. The molecule has 0 fully saturated rings. The molecule has 2 rings (SSSR count). The van der Waals surface area contributed by atoms with Crippen molar-refractivity contribution in [1.82, 2.24) is 9.88 Å². The number of aryl methyl sites for hydroxylation is 1. The molecule has 0 spiro atoms. The zero-order valence-corrected chi connectivity index (χ0v) is 17.7. The predicted octanol–water partition coefficient (Wildman–Crippen LogP) is 3.97. The smallest absolute Gasteiger partial charge is 0.241 e. The van der Waals surface area contributed by atoms with Gasteiger partial charge in [0.2, 0.25) is 15.9 Å². The molecule has 1 aromatic heterocycles. The van der Waals surface area contributed by atoms with Crippen LogP contribution in [0.15, 0.2) is 33.7 Å². The molecule has 0 aliphatic rings. The second kappa shape index (κ2) is 8.70. The molecular weight excluding hydrogens is 378 g/mol. The van der Waals surface area contributed by atoms with Gasteiger partial charge in [-0.05, 0) is 51.0 Å². The van der Waals surface area contributed by atoms with Crippen molar-refractivity contribution in [3.8, 4) is 0 Å². The van der Waals surface area contributed by atoms with Crippen molar-refractivity contribution in [1.29, 1.82) is 0 Å². The molecule has 2 aromatic rings. The summed E-state index contributed by atoms with van der Waals surface area (Å²) in [5, 5.41) is 6.64. The van der Waals surface area contributed by atoms with Crippen LogP contribution in [0.5, 0.6) is 0 Å². The molecule has 1 aromatic carbocycles. The lowest BCUT2D eigenvalue weighted by Crippen LogP contribution is -2.42. The Hall–Kier alpha value is -2.45. The van der Waals surface area contributed by atoms with Gasteiger partial charge in [-0.1, -0.05) is 37.2 Å². The van der Waals surface area contributed by atoms with Crippen molar-refractivity contribution in [3.63, 3.8) is 0 Å². The van der Waals surface area contributed by atoms with Gasteiger partial charge in [-0.3, -0.25) is 4.79 Å². The molecule has 0 saturated heterocycles. The van der Waals surface area contributed by atoms with Gasteiger partial charge in [-0.25, -0.2) is 13.1 Å². The zero-order valence-electron chi connectivity index (χ0n) is 16.9. The summed E-state index contributed by atoms with van der Waals surface area (Å²) in [5.41, 5.74) is 1.40. The van der Waals surface area contributed by atoms with E-state index >= 15 is 0 Å². The lowest BCUT2D eigenvalue weighted by atomic mass is 10.0. The van der Waals surface area contributed by atoms with Crippen LogP contribution in [0.3, 0.4) is 0 Å². The summed E-state index contributed by atoms with van der Waals surface area (Å²) in [5.74, 6) is 0.306. The molecule has 0 saturated carbocycles. The Balaban J connectivity index is 2.18. The van der Waals surface area contributed by atoms with Gasteiger partial charge in [0, 0.05) is 12.0 Å². The second-order valence-corrected chi connectivity index (χ2v) is 8.84. The third-order valence-electron chi connectivity index (χ3n) is 4.39. The zero-order chi connectivity index (χ0) is 20.9. The summed E-state index contributed by atoms with van der Waals surface area (Å²) in [6.07, 6.45) is 4.49. The van der Waals surface area contributed by atoms with Gasteiger partial charge in [-0.15, -0.1) is 0 Å². The molecule has 0 aliphatic carbocycles. The molecule has 7 nitrogen and oxygen atoms in total. The standard InChI is InChI=1S/C20H27N3O4S/c1-6-18(24)21-19-14(3)22-27-17(19)13-10-15-8-11-16(12-9-15)28(25,26)23-20(4,5)7-2/h8-13,23H,6-7H2,1-5H3,(H,21,24). The van der Waals surface area contributed by atoms with Crippen LogP contribution >= 0.6 is 0 Å². The Kier molecular flexibility index (Phi) is 6.79. The van der Waals surface area contributed by atoms with E-state index in [2.05, 4.69) is 15.2 Å². The minimum absolute atomic E-state index is 0.127. The highest BCUT2D eigenvalue weighted by Crippen LogP contribution is 2.23. The van der Waals surface area contributed by atoms with Crippen LogP contribution in [0, 0.1) is 6.92 Å². The lowest BCUT2D eigenvalue weighted by molar-refractivity contribution is -0.115. The number of carbonyl (C=O) groups excluding carboxylic acids is 1. The Morgan fingerprint density at radius 3 is 2.39 bits per heavy atom. The fourth-order valence-electron chi connectivity index (χ4n) is 2.31. The van der Waals surface area contributed by atoms with Crippen LogP contribution in [0.1, 0.15) is 57.6 Å². The van der Waals surface area contributed by atoms with Crippen LogP contribution in [-0.2, 0) is 14.8 Å². The molecule has 2 N–H and O–H groups in total. The van der Waals surface area contributed by atoms with Crippen LogP contribution in [0.4, 0.5) is 5.69 Å². The third kappa shape index (κ3) is 5.53. The number of rotatable bonds is 8. The Morgan fingerprint density at radius 1 is 1.18 bits per heavy atom. The number of anilines is 1. The summed E-state index contributed by atoms with van der Waals surface area (Å²) in [7, 11) is -3.58. The van der Waals surface area contributed by atoms with Crippen molar-refractivity contribution >= 4 is 33.8 Å². The molecular formula is C20H27N3O4S. The van der Waals surface area contributed by atoms with Gasteiger partial charge < -0.3 is 9.84 Å². The molecule has 28 heavy (non-hydrogen) atoms. The third-order valence-corrected chi connectivity index (χ3v) is 6.10. The summed E-state index contributed by atoms with van der Waals surface area (Å²) in [4.78, 5) is 11.8. The van der Waals surface area contributed by atoms with Gasteiger partial charge in [0.15, 0.2) is 5.76 Å². The minimum atomic E-state index is -3.58. The normalized spacial score (nSPS) is 12.5. The molecule has 0 radical (unpaired) electrons. The van der Waals surface area contributed by atoms with Gasteiger partial charge in [0.05, 0.1) is 4.90 Å². The van der Waals surface area contributed by atoms with E-state index in [-0.39, 0.29) is 10.8 Å². The number of benzene rings is 1. The lowest BCUT2D eigenvalue weighted by Gasteiger charge is -2.24. The number of hydrogen-bond donors (Lipinski definition) is 2. The highest BCUT2D eigenvalue weighted by Gasteiger charge is 2.24. The molecule has 1 heterocycles. The van der Waals surface area contributed by atoms with Gasteiger partial charge in [-0.2, -0.15) is 0 Å². The first-order valence-electron chi connectivity index (χ1n) is 9.16. The summed E-state index contributed by atoms with van der Waals surface area (Å²) < 4.78 is 32.9. The number of nitrogens with zero attached hydrogens (tertiary/aromatic N) is 1. The first-order chi connectivity index (χ1) is 13.1. The summed E-state index contributed by atoms with van der Waals surface area (Å²) in [6, 6.07) is 6.52. The van der Waals surface area contributed by atoms with Crippen LogP contribution in [0.25, 0.3) is 12.2 Å². The number of nitrogens with one attached hydrogen (secondary N) is 2. The molecule has 1 amide bonds. The maximum atomic E-state index is 12.5. The molecule has 0 atom stereocenters. The number of sulfonamides is 1. The predicted molar refractivity (Wildman–Crippen MR) is 110 cm³/mol. The van der Waals surface area contributed by atoms with E-state index < -0.39 is 15.6 Å². The second-order valence-electron chi connectivity index (χ2n) is 7.15. The van der Waals surface area contributed by atoms with E-state index in [1.807, 2.05) is 20.8 Å². The quantitative estimate of drug-likeness (QED) is 0.692. The average molecular weight is 406 g/mol. The Bertz CT molecular complexity index is 958. The highest BCUT2D eigenvalue weighted by atomic mass is 32.2. The van der Waals surface area contributed by atoms with Crippen LogP contribution < -0.4 is 10.0 Å². The number of aromatic nitrogens is 1. The average Bonchev–Trinajstić information content (AvgIpc) is 2.99. The highest BCUT2D eigenvalue weighted by molar-refractivity contribution is 7.89. The maximum absolute atomic E-state index is 12.5. The van der Waals surface area contributed by atoms with Crippen molar-refractivity contribution in [2.45, 2.75) is 57.9 Å². The van der Waals surface area contributed by atoms with E-state index in [0.717, 1.165) is 5.56 Å². The number of hydrogen-bond acceptors (Lipinski definition) is 5. The largest absolute Gasteiger partial charge is 0.354 e. The molecule has 0 aliphatic heterocycles. The van der Waals surface area contributed by atoms with E-state index in [0.29, 0.717) is 30.0 Å². The number of amides is 1. The van der Waals surface area contributed by atoms with Crippen LogP contribution in [-0.4, -0.2) is 25.0 Å². The van der Waals surface area contributed by atoms with Crippen LogP contribution in [0.2, 0.25) is 0 Å². The molecule has 8 heteroatoms. The Morgan fingerprint density at radius 2 is 1.82 bits per heavy atom. The van der Waals surface area contributed by atoms with E-state index in [9.17, 15) is 13.2 Å². The topological polar surface area (TPSA) is 101 Å². The van der Waals surface area contributed by atoms with Gasteiger partial charge in [0.1, 0.15) is 11.4 Å². The van der Waals surface area contributed by atoms with Gasteiger partial charge in [0.25, 0.3) is 0 Å². The van der Waals surface area contributed by atoms with E-state index in [4.69, 9.17) is 4.52 Å². The molecule has 152 valence electrons. The SMILES string of the molecule is CCC(=O)Nc1c(C)noc1C=Cc1ccc(S(=O)(=O)NC(C)(C)CC)cc1. The molecule has 0 bridgehead atoms. The monoisotopic (exact) mass is 405 g/mol. The van der Waals surface area contributed by atoms with Crippen molar-refractivity contribution in [2.75, 3.05) is 5.32 Å². The minimum Gasteiger partial charge on any atom is -0.354 e. The van der Waals surface area contributed by atoms with Crippen molar-refractivity contribution in [2.24, 2.45) is 0 Å². The fourth-order valence-corrected chi connectivity index (χ4v) is 3.79.